The summed E-state index contributed by atoms with van der Waals surface area (Å²) in [5.74, 6) is -0.681. The Morgan fingerprint density at radius 3 is 2.34 bits per heavy atom. The number of nitrogens with one attached hydrogen (secondary N) is 1. The number of nitrogens with zero attached hydrogens (tertiary/aromatic N) is 1. The van der Waals surface area contributed by atoms with Crippen LogP contribution in [-0.2, 0) is 14.9 Å². The van der Waals surface area contributed by atoms with E-state index in [0.29, 0.717) is 11.1 Å². The third-order valence-corrected chi connectivity index (χ3v) is 6.47. The average molecular weight is 485 g/mol. The Hall–Kier alpha value is -4.61. The molecule has 0 spiro atoms. The molecule has 0 bridgehead atoms. The van der Waals surface area contributed by atoms with Crippen LogP contribution in [0.2, 0.25) is 0 Å². The largest absolute Gasteiger partial charge is 0.508 e. The predicted octanol–water partition coefficient (Wildman–Crippen LogP) is 5.17. The highest BCUT2D eigenvalue weighted by atomic mass is 32.2. The number of hydrogen-bond acceptors (Lipinski definition) is 6. The lowest BCUT2D eigenvalue weighted by molar-refractivity contribution is -0.112. The second kappa shape index (κ2) is 9.71. The average Bonchev–Trinajstić information content (AvgIpc) is 2.84. The number of carbonyl (C=O) groups is 1. The number of anilines is 1. The molecule has 0 aliphatic carbocycles. The first kappa shape index (κ1) is 23.5. The van der Waals surface area contributed by atoms with Gasteiger partial charge in [0.05, 0.1) is 0 Å². The van der Waals surface area contributed by atoms with Crippen LogP contribution in [0.5, 0.6) is 11.5 Å². The Morgan fingerprint density at radius 1 is 0.971 bits per heavy atom. The molecule has 0 saturated heterocycles. The van der Waals surface area contributed by atoms with Crippen LogP contribution in [0.15, 0.2) is 95.4 Å². The van der Waals surface area contributed by atoms with Gasteiger partial charge in [-0.15, -0.1) is 0 Å². The zero-order valence-corrected chi connectivity index (χ0v) is 19.4. The van der Waals surface area contributed by atoms with Crippen molar-refractivity contribution in [3.8, 4) is 17.6 Å². The molecule has 0 atom stereocenters. The fourth-order valence-corrected chi connectivity index (χ4v) is 4.35. The maximum Gasteiger partial charge on any atom is 0.339 e. The maximum atomic E-state index is 13.0. The second-order valence-corrected chi connectivity index (χ2v) is 9.27. The normalized spacial score (nSPS) is 11.6. The Balaban J connectivity index is 1.77. The number of benzene rings is 4. The predicted molar refractivity (Wildman–Crippen MR) is 133 cm³/mol. The zero-order chi connectivity index (χ0) is 25.0. The Kier molecular flexibility index (Phi) is 6.53. The third kappa shape index (κ3) is 5.32. The minimum atomic E-state index is -4.17. The van der Waals surface area contributed by atoms with Crippen LogP contribution in [-0.4, -0.2) is 19.4 Å². The summed E-state index contributed by atoms with van der Waals surface area (Å²) in [5.41, 5.74) is 1.30. The molecule has 4 aromatic carbocycles. The van der Waals surface area contributed by atoms with E-state index in [1.165, 1.54) is 48.5 Å². The minimum absolute atomic E-state index is 0.0169. The molecule has 35 heavy (non-hydrogen) atoms. The molecule has 0 radical (unpaired) electrons. The third-order valence-electron chi connectivity index (χ3n) is 5.22. The molecule has 0 unspecified atom stereocenters. The van der Waals surface area contributed by atoms with Crippen LogP contribution in [0.4, 0.5) is 5.69 Å². The van der Waals surface area contributed by atoms with Gasteiger partial charge in [0.15, 0.2) is 5.75 Å². The zero-order valence-electron chi connectivity index (χ0n) is 18.6. The van der Waals surface area contributed by atoms with Gasteiger partial charge in [-0.1, -0.05) is 48.0 Å². The van der Waals surface area contributed by atoms with Crippen LogP contribution in [0, 0.1) is 18.3 Å². The molecular weight excluding hydrogens is 464 g/mol. The lowest BCUT2D eigenvalue weighted by Crippen LogP contribution is -2.14. The Bertz CT molecular complexity index is 1580. The standard InChI is InChI=1S/C27H20N2O5S/c1-18-6-13-23(14-7-18)35(32,33)34-26-15-8-19-4-2-3-5-24(19)25(26)16-20(17-28)27(31)29-21-9-11-22(30)12-10-21/h2-16,30H,1H3,(H,29,31)/b20-16+. The van der Waals surface area contributed by atoms with Crippen molar-refractivity contribution in [1.82, 2.24) is 0 Å². The summed E-state index contributed by atoms with van der Waals surface area (Å²) in [6.07, 6.45) is 1.30. The van der Waals surface area contributed by atoms with Gasteiger partial charge in [-0.3, -0.25) is 4.79 Å². The fourth-order valence-electron chi connectivity index (χ4n) is 3.40. The number of amides is 1. The molecule has 8 heteroatoms. The van der Waals surface area contributed by atoms with Crippen molar-refractivity contribution in [3.63, 3.8) is 0 Å². The van der Waals surface area contributed by atoms with Gasteiger partial charge in [0, 0.05) is 11.3 Å². The van der Waals surface area contributed by atoms with E-state index in [2.05, 4.69) is 5.32 Å². The molecule has 0 saturated carbocycles. The summed E-state index contributed by atoms with van der Waals surface area (Å²) < 4.78 is 31.4. The summed E-state index contributed by atoms with van der Waals surface area (Å²) in [4.78, 5) is 12.8. The quantitative estimate of drug-likeness (QED) is 0.169. The highest BCUT2D eigenvalue weighted by molar-refractivity contribution is 7.87. The molecule has 0 fully saturated rings. The van der Waals surface area contributed by atoms with E-state index in [-0.39, 0.29) is 27.5 Å². The highest BCUT2D eigenvalue weighted by Crippen LogP contribution is 2.32. The number of aryl methyl sites for hydroxylation is 1. The second-order valence-electron chi connectivity index (χ2n) is 7.72. The van der Waals surface area contributed by atoms with Gasteiger partial charge in [-0.05, 0) is 66.2 Å². The molecule has 7 nitrogen and oxygen atoms in total. The van der Waals surface area contributed by atoms with Crippen LogP contribution in [0.1, 0.15) is 11.1 Å². The molecule has 4 rings (SSSR count). The SMILES string of the molecule is Cc1ccc(S(=O)(=O)Oc2ccc3ccccc3c2/C=C(\C#N)C(=O)Nc2ccc(O)cc2)cc1. The van der Waals surface area contributed by atoms with Gasteiger partial charge in [0.2, 0.25) is 0 Å². The molecule has 4 aromatic rings. The molecule has 0 aliphatic heterocycles. The van der Waals surface area contributed by atoms with Crippen molar-refractivity contribution in [1.29, 1.82) is 5.26 Å². The van der Waals surface area contributed by atoms with E-state index in [0.717, 1.165) is 10.9 Å². The van der Waals surface area contributed by atoms with Crippen LogP contribution in [0.3, 0.4) is 0 Å². The number of phenolic OH excluding ortho intramolecular Hbond substituents is 1. The number of aromatic hydroxyl groups is 1. The molecular formula is C27H20N2O5S. The van der Waals surface area contributed by atoms with Gasteiger partial charge in [-0.25, -0.2) is 0 Å². The van der Waals surface area contributed by atoms with E-state index in [4.69, 9.17) is 4.18 Å². The number of phenols is 1. The van der Waals surface area contributed by atoms with Crippen LogP contribution >= 0.6 is 0 Å². The van der Waals surface area contributed by atoms with E-state index in [9.17, 15) is 23.6 Å². The van der Waals surface area contributed by atoms with Gasteiger partial charge >= 0.3 is 10.1 Å². The number of nitriles is 1. The molecule has 0 aliphatic rings. The first-order valence-corrected chi connectivity index (χ1v) is 11.9. The summed E-state index contributed by atoms with van der Waals surface area (Å²) in [6, 6.07) is 24.2. The van der Waals surface area contributed by atoms with Crippen molar-refractivity contribution in [2.24, 2.45) is 0 Å². The minimum Gasteiger partial charge on any atom is -0.508 e. The lowest BCUT2D eigenvalue weighted by atomic mass is 10.0. The molecule has 0 heterocycles. The Morgan fingerprint density at radius 2 is 1.66 bits per heavy atom. The van der Waals surface area contributed by atoms with E-state index < -0.39 is 16.0 Å². The molecule has 2 N–H and O–H groups in total. The first-order valence-electron chi connectivity index (χ1n) is 10.5. The number of fused-ring (bicyclic) bond motifs is 1. The maximum absolute atomic E-state index is 13.0. The van der Waals surface area contributed by atoms with Gasteiger partial charge in [0.25, 0.3) is 5.91 Å². The topological polar surface area (TPSA) is 116 Å². The van der Waals surface area contributed by atoms with Crippen molar-refractivity contribution in [2.45, 2.75) is 11.8 Å². The molecule has 1 amide bonds. The summed E-state index contributed by atoms with van der Waals surface area (Å²) in [7, 11) is -4.17. The van der Waals surface area contributed by atoms with E-state index in [1.807, 2.05) is 25.1 Å². The lowest BCUT2D eigenvalue weighted by Gasteiger charge is -2.13. The Labute approximate surface area is 202 Å². The number of hydrogen-bond donors (Lipinski definition) is 2. The van der Waals surface area contributed by atoms with Crippen molar-refractivity contribution >= 4 is 38.6 Å². The fraction of sp³-hybridized carbons (Fsp3) is 0.0370. The van der Waals surface area contributed by atoms with Crippen molar-refractivity contribution in [3.05, 3.63) is 102 Å². The van der Waals surface area contributed by atoms with E-state index >= 15 is 0 Å². The van der Waals surface area contributed by atoms with Crippen LogP contribution in [0.25, 0.3) is 16.8 Å². The van der Waals surface area contributed by atoms with Crippen molar-refractivity contribution < 1.29 is 22.5 Å². The van der Waals surface area contributed by atoms with Gasteiger partial charge < -0.3 is 14.6 Å². The van der Waals surface area contributed by atoms with E-state index in [1.54, 1.807) is 30.3 Å². The summed E-state index contributed by atoms with van der Waals surface area (Å²) >= 11 is 0. The first-order chi connectivity index (χ1) is 16.8. The molecule has 0 aromatic heterocycles. The smallest absolute Gasteiger partial charge is 0.339 e. The number of rotatable bonds is 6. The molecule has 174 valence electrons. The van der Waals surface area contributed by atoms with Gasteiger partial charge in [0.1, 0.15) is 22.3 Å². The number of carbonyl (C=O) groups excluding carboxylic acids is 1. The summed E-state index contributed by atoms with van der Waals surface area (Å²) in [6.45, 7) is 1.84. The highest BCUT2D eigenvalue weighted by Gasteiger charge is 2.20. The van der Waals surface area contributed by atoms with Crippen LogP contribution < -0.4 is 9.50 Å². The van der Waals surface area contributed by atoms with Crippen molar-refractivity contribution in [2.75, 3.05) is 5.32 Å². The van der Waals surface area contributed by atoms with Gasteiger partial charge in [-0.2, -0.15) is 13.7 Å². The monoisotopic (exact) mass is 484 g/mol. The summed E-state index contributed by atoms with van der Waals surface area (Å²) in [5, 5.41) is 23.1.